The largest absolute Gasteiger partial charge is 0.490 e. The molecule has 17 heavy (non-hydrogen) atoms. The van der Waals surface area contributed by atoms with Crippen molar-refractivity contribution in [2.75, 3.05) is 13.2 Å². The molecule has 0 unspecified atom stereocenters. The Morgan fingerprint density at radius 1 is 1.24 bits per heavy atom. The molecule has 0 aliphatic carbocycles. The summed E-state index contributed by atoms with van der Waals surface area (Å²) in [7, 11) is 0. The zero-order chi connectivity index (χ0) is 13.5. The predicted molar refractivity (Wildman–Crippen MR) is 52.0 cm³/mol. The minimum atomic E-state index is -4.99. The van der Waals surface area contributed by atoms with Crippen LogP contribution >= 0.6 is 0 Å². The molecule has 0 N–H and O–H groups in total. The highest BCUT2D eigenvalue weighted by atomic mass is 19.4. The van der Waals surface area contributed by atoms with Gasteiger partial charge in [-0.15, -0.1) is 0 Å². The Hall–Kier alpha value is -1.53. The molecular formula is C10H13F3O4. The van der Waals surface area contributed by atoms with Crippen LogP contribution in [0.2, 0.25) is 0 Å². The van der Waals surface area contributed by atoms with E-state index in [1.165, 1.54) is 13.0 Å². The maximum Gasteiger partial charge on any atom is 0.490 e. The molecule has 0 heterocycles. The van der Waals surface area contributed by atoms with Crippen LogP contribution in [0.1, 0.15) is 20.3 Å². The molecule has 0 rings (SSSR count). The number of esters is 2. The summed E-state index contributed by atoms with van der Waals surface area (Å²) in [4.78, 5) is 21.3. The maximum atomic E-state index is 11.7. The summed E-state index contributed by atoms with van der Waals surface area (Å²) in [6.07, 6.45) is -3.62. The Morgan fingerprint density at radius 3 is 2.29 bits per heavy atom. The van der Waals surface area contributed by atoms with E-state index in [4.69, 9.17) is 0 Å². The van der Waals surface area contributed by atoms with Crippen LogP contribution < -0.4 is 0 Å². The number of halogens is 3. The number of rotatable bonds is 5. The fourth-order valence-electron chi connectivity index (χ4n) is 0.837. The fourth-order valence-corrected chi connectivity index (χ4v) is 0.837. The SMILES string of the molecule is CCOC(=O)C(C)=CCCOC(=O)C(F)(F)F. The molecule has 0 aromatic rings. The van der Waals surface area contributed by atoms with E-state index in [1.54, 1.807) is 6.92 Å². The van der Waals surface area contributed by atoms with Crippen molar-refractivity contribution in [3.05, 3.63) is 11.6 Å². The predicted octanol–water partition coefficient (Wildman–Crippen LogP) is 1.99. The molecule has 98 valence electrons. The molecule has 0 amide bonds. The Labute approximate surface area is 96.4 Å². The lowest BCUT2D eigenvalue weighted by atomic mass is 10.2. The number of alkyl halides is 3. The normalized spacial score (nSPS) is 12.2. The molecular weight excluding hydrogens is 241 g/mol. The molecule has 0 aromatic carbocycles. The monoisotopic (exact) mass is 254 g/mol. The van der Waals surface area contributed by atoms with Crippen LogP contribution in [0.4, 0.5) is 13.2 Å². The summed E-state index contributed by atoms with van der Waals surface area (Å²) in [5, 5.41) is 0. The van der Waals surface area contributed by atoms with Gasteiger partial charge >= 0.3 is 18.1 Å². The summed E-state index contributed by atoms with van der Waals surface area (Å²) in [6.45, 7) is 2.88. The van der Waals surface area contributed by atoms with Gasteiger partial charge in [-0.2, -0.15) is 13.2 Å². The zero-order valence-corrected chi connectivity index (χ0v) is 9.47. The highest BCUT2D eigenvalue weighted by molar-refractivity contribution is 5.87. The lowest BCUT2D eigenvalue weighted by molar-refractivity contribution is -0.199. The van der Waals surface area contributed by atoms with E-state index in [2.05, 4.69) is 9.47 Å². The number of hydrogen-bond acceptors (Lipinski definition) is 4. The van der Waals surface area contributed by atoms with Gasteiger partial charge in [-0.1, -0.05) is 6.08 Å². The number of ether oxygens (including phenoxy) is 2. The molecule has 0 fully saturated rings. The van der Waals surface area contributed by atoms with E-state index in [0.717, 1.165) is 0 Å². The standard InChI is InChI=1S/C10H13F3O4/c1-3-16-8(14)7(2)5-4-6-17-9(15)10(11,12)13/h5H,3-4,6H2,1-2H3. The lowest BCUT2D eigenvalue weighted by Gasteiger charge is -2.06. The Kier molecular flexibility index (Phi) is 6.30. The summed E-state index contributed by atoms with van der Waals surface area (Å²) < 4.78 is 43.7. The number of carbonyl (C=O) groups is 2. The second kappa shape index (κ2) is 6.93. The average molecular weight is 254 g/mol. The highest BCUT2D eigenvalue weighted by Gasteiger charge is 2.40. The van der Waals surface area contributed by atoms with Crippen LogP contribution in [0.25, 0.3) is 0 Å². The van der Waals surface area contributed by atoms with Crippen LogP contribution in [0, 0.1) is 0 Å². The minimum absolute atomic E-state index is 0.0203. The Balaban J connectivity index is 3.96. The van der Waals surface area contributed by atoms with Gasteiger partial charge in [0, 0.05) is 12.0 Å². The molecule has 0 aromatic heterocycles. The van der Waals surface area contributed by atoms with Gasteiger partial charge in [-0.25, -0.2) is 9.59 Å². The summed E-state index contributed by atoms with van der Waals surface area (Å²) in [5.74, 6) is -2.78. The van der Waals surface area contributed by atoms with Crippen LogP contribution in [-0.2, 0) is 19.1 Å². The van der Waals surface area contributed by atoms with E-state index in [1.807, 2.05) is 0 Å². The first-order valence-corrected chi connectivity index (χ1v) is 4.86. The molecule has 7 heteroatoms. The van der Waals surface area contributed by atoms with Gasteiger partial charge in [0.25, 0.3) is 0 Å². The third-order valence-electron chi connectivity index (χ3n) is 1.63. The summed E-state index contributed by atoms with van der Waals surface area (Å²) in [5.41, 5.74) is 0.259. The molecule has 0 saturated heterocycles. The van der Waals surface area contributed by atoms with Crippen molar-refractivity contribution in [2.24, 2.45) is 0 Å². The zero-order valence-electron chi connectivity index (χ0n) is 9.47. The van der Waals surface area contributed by atoms with Crippen molar-refractivity contribution in [1.29, 1.82) is 0 Å². The van der Waals surface area contributed by atoms with Gasteiger partial charge in [0.2, 0.25) is 0 Å². The molecule has 0 aliphatic rings. The van der Waals surface area contributed by atoms with Crippen molar-refractivity contribution in [2.45, 2.75) is 26.4 Å². The topological polar surface area (TPSA) is 52.6 Å². The first kappa shape index (κ1) is 15.5. The third-order valence-corrected chi connectivity index (χ3v) is 1.63. The van der Waals surface area contributed by atoms with Gasteiger partial charge in [0.15, 0.2) is 0 Å². The lowest BCUT2D eigenvalue weighted by Crippen LogP contribution is -2.25. The van der Waals surface area contributed by atoms with E-state index < -0.39 is 24.7 Å². The van der Waals surface area contributed by atoms with Gasteiger partial charge in [-0.05, 0) is 13.8 Å². The van der Waals surface area contributed by atoms with Crippen LogP contribution in [0.15, 0.2) is 11.6 Å². The highest BCUT2D eigenvalue weighted by Crippen LogP contribution is 2.16. The van der Waals surface area contributed by atoms with Gasteiger partial charge < -0.3 is 9.47 Å². The van der Waals surface area contributed by atoms with Crippen molar-refractivity contribution >= 4 is 11.9 Å². The Bertz CT molecular complexity index is 307. The van der Waals surface area contributed by atoms with E-state index in [-0.39, 0.29) is 18.6 Å². The molecule has 0 bridgehead atoms. The van der Waals surface area contributed by atoms with E-state index >= 15 is 0 Å². The van der Waals surface area contributed by atoms with Gasteiger partial charge in [0.1, 0.15) is 0 Å². The Morgan fingerprint density at radius 2 is 1.82 bits per heavy atom. The minimum Gasteiger partial charge on any atom is -0.463 e. The molecule has 0 spiro atoms. The molecule has 0 atom stereocenters. The molecule has 0 saturated carbocycles. The van der Waals surface area contributed by atoms with Gasteiger partial charge in [-0.3, -0.25) is 0 Å². The fraction of sp³-hybridized carbons (Fsp3) is 0.600. The van der Waals surface area contributed by atoms with Crippen molar-refractivity contribution < 1.29 is 32.2 Å². The second-order valence-corrected chi connectivity index (χ2v) is 3.03. The van der Waals surface area contributed by atoms with Crippen LogP contribution in [0.5, 0.6) is 0 Å². The van der Waals surface area contributed by atoms with Crippen molar-refractivity contribution in [1.82, 2.24) is 0 Å². The first-order valence-electron chi connectivity index (χ1n) is 4.86. The second-order valence-electron chi connectivity index (χ2n) is 3.03. The van der Waals surface area contributed by atoms with Crippen molar-refractivity contribution in [3.8, 4) is 0 Å². The van der Waals surface area contributed by atoms with E-state index in [9.17, 15) is 22.8 Å². The molecule has 0 radical (unpaired) electrons. The average Bonchev–Trinajstić information content (AvgIpc) is 2.22. The van der Waals surface area contributed by atoms with Crippen LogP contribution in [-0.4, -0.2) is 31.3 Å². The summed E-state index contributed by atoms with van der Waals surface area (Å²) >= 11 is 0. The quantitative estimate of drug-likeness (QED) is 0.427. The molecule has 4 nitrogen and oxygen atoms in total. The van der Waals surface area contributed by atoms with Gasteiger partial charge in [0.05, 0.1) is 13.2 Å². The van der Waals surface area contributed by atoms with E-state index in [0.29, 0.717) is 0 Å². The van der Waals surface area contributed by atoms with Crippen LogP contribution in [0.3, 0.4) is 0 Å². The number of carbonyl (C=O) groups excluding carboxylic acids is 2. The smallest absolute Gasteiger partial charge is 0.463 e. The summed E-state index contributed by atoms with van der Waals surface area (Å²) in [6, 6.07) is 0. The van der Waals surface area contributed by atoms with Crippen molar-refractivity contribution in [3.63, 3.8) is 0 Å². The maximum absolute atomic E-state index is 11.7. The number of hydrogen-bond donors (Lipinski definition) is 0. The first-order chi connectivity index (χ1) is 7.79. The molecule has 0 aliphatic heterocycles. The third kappa shape index (κ3) is 6.60.